The average Bonchev–Trinajstić information content (AvgIpc) is 3.18. The second-order valence-electron chi connectivity index (χ2n) is 10.4. The zero-order valence-electron chi connectivity index (χ0n) is 21.4. The summed E-state index contributed by atoms with van der Waals surface area (Å²) < 4.78 is 30.9. The van der Waals surface area contributed by atoms with Crippen LogP contribution in [0.4, 0.5) is 16.3 Å². The molecule has 11 nitrogen and oxygen atoms in total. The first-order valence-electron chi connectivity index (χ1n) is 12.0. The fourth-order valence-corrected chi connectivity index (χ4v) is 5.22. The van der Waals surface area contributed by atoms with Crippen LogP contribution in [-0.4, -0.2) is 59.2 Å². The van der Waals surface area contributed by atoms with E-state index in [4.69, 9.17) is 9.84 Å². The lowest BCUT2D eigenvalue weighted by Gasteiger charge is -2.41. The molecule has 2 aliphatic heterocycles. The van der Waals surface area contributed by atoms with E-state index < -0.39 is 27.2 Å². The van der Waals surface area contributed by atoms with E-state index in [-0.39, 0.29) is 17.4 Å². The van der Waals surface area contributed by atoms with E-state index in [1.807, 2.05) is 20.8 Å². The molecule has 1 aromatic heterocycles. The summed E-state index contributed by atoms with van der Waals surface area (Å²) in [4.78, 5) is 14.4. The molecule has 1 saturated heterocycles. The summed E-state index contributed by atoms with van der Waals surface area (Å²) in [6, 6.07) is 8.54. The van der Waals surface area contributed by atoms with Crippen LogP contribution in [0, 0.1) is 11.3 Å². The molecule has 1 amide bonds. The van der Waals surface area contributed by atoms with Crippen molar-refractivity contribution in [3.8, 4) is 6.07 Å². The summed E-state index contributed by atoms with van der Waals surface area (Å²) in [6.07, 6.45) is 4.28. The lowest BCUT2D eigenvalue weighted by atomic mass is 9.84. The molecule has 12 heteroatoms. The molecule has 0 aliphatic carbocycles. The molecule has 1 aromatic carbocycles. The van der Waals surface area contributed by atoms with Crippen molar-refractivity contribution in [2.24, 2.45) is 0 Å². The van der Waals surface area contributed by atoms with Crippen LogP contribution < -0.4 is 10.6 Å². The molecule has 4 rings (SSSR count). The van der Waals surface area contributed by atoms with Gasteiger partial charge in [-0.2, -0.15) is 10.4 Å². The molecule has 37 heavy (non-hydrogen) atoms. The van der Waals surface area contributed by atoms with E-state index in [9.17, 15) is 23.6 Å². The normalized spacial score (nSPS) is 18.9. The predicted molar refractivity (Wildman–Crippen MR) is 137 cm³/mol. The molecule has 0 spiro atoms. The fourth-order valence-electron chi connectivity index (χ4n) is 4.59. The third-order valence-corrected chi connectivity index (χ3v) is 7.60. The van der Waals surface area contributed by atoms with Gasteiger partial charge in [-0.1, -0.05) is 0 Å². The van der Waals surface area contributed by atoms with Crippen LogP contribution in [0.5, 0.6) is 0 Å². The Morgan fingerprint density at radius 1 is 1.30 bits per heavy atom. The number of sulfone groups is 1. The summed E-state index contributed by atoms with van der Waals surface area (Å²) in [5.74, 6) is 0.387. The lowest BCUT2D eigenvalue weighted by Crippen LogP contribution is -2.49. The van der Waals surface area contributed by atoms with Gasteiger partial charge < -0.3 is 25.4 Å². The molecule has 0 radical (unpaired) electrons. The number of anilines is 2. The third-order valence-electron chi connectivity index (χ3n) is 6.48. The van der Waals surface area contributed by atoms with Gasteiger partial charge in [0.1, 0.15) is 5.60 Å². The van der Waals surface area contributed by atoms with Crippen molar-refractivity contribution in [3.05, 3.63) is 41.7 Å². The molecule has 3 heterocycles. The Morgan fingerprint density at radius 3 is 2.51 bits per heavy atom. The van der Waals surface area contributed by atoms with Crippen LogP contribution in [0.2, 0.25) is 0 Å². The number of benzene rings is 1. The maximum Gasteiger partial charge on any atom is 0.410 e. The summed E-state index contributed by atoms with van der Waals surface area (Å²) in [5.41, 5.74) is 0.464. The minimum absolute atomic E-state index is 0.170. The fraction of sp³-hybridized carbons (Fsp3) is 0.480. The number of fused-ring (bicyclic) bond motifs is 1. The van der Waals surface area contributed by atoms with Crippen molar-refractivity contribution in [2.45, 2.75) is 62.3 Å². The van der Waals surface area contributed by atoms with Crippen LogP contribution >= 0.6 is 0 Å². The molecular formula is C25H32N6O5S. The Morgan fingerprint density at radius 2 is 1.95 bits per heavy atom. The molecule has 1 fully saturated rings. The number of nitrogens with zero attached hydrogens (tertiary/aromatic N) is 4. The smallest absolute Gasteiger partial charge is 0.410 e. The first-order chi connectivity index (χ1) is 17.3. The number of aromatic nitrogens is 2. The average molecular weight is 529 g/mol. The van der Waals surface area contributed by atoms with Crippen LogP contribution in [0.15, 0.2) is 35.4 Å². The second kappa shape index (κ2) is 9.72. The highest BCUT2D eigenvalue weighted by atomic mass is 32.2. The van der Waals surface area contributed by atoms with Gasteiger partial charge in [-0.05, 0) is 64.0 Å². The Bertz CT molecular complexity index is 1340. The number of rotatable bonds is 5. The van der Waals surface area contributed by atoms with Crippen molar-refractivity contribution in [1.82, 2.24) is 20.0 Å². The highest BCUT2D eigenvalue weighted by molar-refractivity contribution is 7.90. The molecule has 2 aromatic rings. The van der Waals surface area contributed by atoms with Gasteiger partial charge in [-0.15, -0.1) is 0 Å². The van der Waals surface area contributed by atoms with Gasteiger partial charge in [0.05, 0.1) is 34.2 Å². The van der Waals surface area contributed by atoms with Gasteiger partial charge >= 0.3 is 6.09 Å². The van der Waals surface area contributed by atoms with E-state index in [1.165, 1.54) is 12.1 Å². The number of likely N-dealkylation sites (tertiary alicyclic amines) is 1. The summed E-state index contributed by atoms with van der Waals surface area (Å²) in [7, 11) is -3.34. The highest BCUT2D eigenvalue weighted by Crippen LogP contribution is 2.40. The molecule has 198 valence electrons. The van der Waals surface area contributed by atoms with Crippen LogP contribution in [0.25, 0.3) is 6.08 Å². The lowest BCUT2D eigenvalue weighted by molar-refractivity contribution is 0.0104. The monoisotopic (exact) mass is 528 g/mol. The topological polar surface area (TPSA) is 150 Å². The highest BCUT2D eigenvalue weighted by Gasteiger charge is 2.42. The minimum Gasteiger partial charge on any atom is -0.444 e. The van der Waals surface area contributed by atoms with Crippen LogP contribution in [-0.2, 0) is 20.1 Å². The van der Waals surface area contributed by atoms with E-state index in [0.717, 1.165) is 6.26 Å². The quantitative estimate of drug-likeness (QED) is 0.531. The maximum atomic E-state index is 12.6. The largest absolute Gasteiger partial charge is 0.444 e. The number of piperidine rings is 1. The van der Waals surface area contributed by atoms with Gasteiger partial charge in [0, 0.05) is 31.2 Å². The number of amides is 1. The number of aliphatic hydroxyl groups excluding tert-OH is 1. The number of carbonyl (C=O) groups excluding carboxylic acids is 1. The Balaban J connectivity index is 1.66. The number of ether oxygens (including phenoxy) is 1. The van der Waals surface area contributed by atoms with Gasteiger partial charge in [0.2, 0.25) is 0 Å². The zero-order chi connectivity index (χ0) is 27.0. The van der Waals surface area contributed by atoms with Crippen molar-refractivity contribution < 1.29 is 23.1 Å². The molecule has 2 aliphatic rings. The summed E-state index contributed by atoms with van der Waals surface area (Å²) in [6.45, 7) is 6.25. The maximum absolute atomic E-state index is 12.6. The zero-order valence-corrected chi connectivity index (χ0v) is 22.2. The van der Waals surface area contributed by atoms with Crippen LogP contribution in [0.1, 0.15) is 57.5 Å². The third kappa shape index (κ3) is 5.57. The molecule has 3 N–H and O–H groups in total. The van der Waals surface area contributed by atoms with Crippen molar-refractivity contribution in [2.75, 3.05) is 24.7 Å². The van der Waals surface area contributed by atoms with Gasteiger partial charge in [0.15, 0.2) is 21.9 Å². The Kier molecular flexibility index (Phi) is 6.96. The standard InChI is InChI=1S/C25H32N6O5S/c1-24(2,3)36-23(33)30-15-11-25(10-13-26,12-16-30)31-19-9-14-27-22(32)20(19)21(29-31)28-17-5-7-18(8-6-17)37(4,34)35/h5-9,14,22,27,32H,10-12,15-16H2,1-4H3,(H,28,29). The van der Waals surface area contributed by atoms with Crippen molar-refractivity contribution in [3.63, 3.8) is 0 Å². The first-order valence-corrected chi connectivity index (χ1v) is 13.9. The van der Waals surface area contributed by atoms with Gasteiger partial charge in [-0.25, -0.2) is 13.2 Å². The number of nitriles is 1. The Hall–Kier alpha value is -3.56. The number of carbonyl (C=O) groups is 1. The van der Waals surface area contributed by atoms with Crippen molar-refractivity contribution >= 4 is 33.5 Å². The predicted octanol–water partition coefficient (Wildman–Crippen LogP) is 3.23. The van der Waals surface area contributed by atoms with E-state index in [2.05, 4.69) is 16.7 Å². The molecule has 0 saturated carbocycles. The Labute approximate surface area is 216 Å². The SMILES string of the molecule is CC(C)(C)OC(=O)N1CCC(CC#N)(n2nc(Nc3ccc(S(C)(=O)=O)cc3)c3c2C=CNC3O)CC1. The second-order valence-corrected chi connectivity index (χ2v) is 12.4. The summed E-state index contributed by atoms with van der Waals surface area (Å²) in [5, 5.41) is 31.3. The van der Waals surface area contributed by atoms with E-state index >= 15 is 0 Å². The number of aliphatic hydroxyl groups is 1. The van der Waals surface area contributed by atoms with Gasteiger partial charge in [0.25, 0.3) is 0 Å². The van der Waals surface area contributed by atoms with Gasteiger partial charge in [-0.3, -0.25) is 4.68 Å². The molecule has 1 unspecified atom stereocenters. The minimum atomic E-state index is -3.34. The number of nitrogens with one attached hydrogen (secondary N) is 2. The molecular weight excluding hydrogens is 496 g/mol. The first kappa shape index (κ1) is 26.5. The number of hydrogen-bond acceptors (Lipinski definition) is 9. The summed E-state index contributed by atoms with van der Waals surface area (Å²) >= 11 is 0. The number of hydrogen-bond donors (Lipinski definition) is 3. The molecule has 1 atom stereocenters. The van der Waals surface area contributed by atoms with E-state index in [1.54, 1.807) is 34.0 Å². The van der Waals surface area contributed by atoms with Crippen molar-refractivity contribution in [1.29, 1.82) is 5.26 Å². The van der Waals surface area contributed by atoms with E-state index in [0.29, 0.717) is 48.7 Å². The van der Waals surface area contributed by atoms with Crippen LogP contribution in [0.3, 0.4) is 0 Å². The molecule has 0 bridgehead atoms.